The molecule has 0 aromatic carbocycles. The number of hydrogen-bond acceptors (Lipinski definition) is 6. The highest BCUT2D eigenvalue weighted by atomic mass is 32.2. The van der Waals surface area contributed by atoms with Crippen molar-refractivity contribution in [3.63, 3.8) is 0 Å². The second-order valence-corrected chi connectivity index (χ2v) is 9.38. The van der Waals surface area contributed by atoms with E-state index in [2.05, 4.69) is 13.8 Å². The van der Waals surface area contributed by atoms with Gasteiger partial charge in [-0.15, -0.1) is 0 Å². The smallest absolute Gasteiger partial charge is 0.375 e. The van der Waals surface area contributed by atoms with Crippen LogP contribution in [-0.2, 0) is 23.1 Å². The van der Waals surface area contributed by atoms with Crippen molar-refractivity contribution in [1.82, 2.24) is 4.67 Å². The van der Waals surface area contributed by atoms with E-state index < -0.39 is 7.75 Å². The van der Waals surface area contributed by atoms with Crippen LogP contribution < -0.4 is 0 Å². The van der Waals surface area contributed by atoms with Gasteiger partial charge in [0, 0.05) is 12.3 Å². The van der Waals surface area contributed by atoms with Crippen LogP contribution in [0.3, 0.4) is 0 Å². The Labute approximate surface area is 156 Å². The lowest BCUT2D eigenvalue weighted by atomic mass is 10.0. The fraction of sp³-hybridized carbons (Fsp3) is 0.824. The molecule has 1 rings (SSSR count). The van der Waals surface area contributed by atoms with E-state index in [1.807, 2.05) is 19.1 Å². The van der Waals surface area contributed by atoms with E-state index in [1.54, 1.807) is 11.7 Å². The van der Waals surface area contributed by atoms with Crippen molar-refractivity contribution in [1.29, 1.82) is 0 Å². The summed E-state index contributed by atoms with van der Waals surface area (Å²) in [6.07, 6.45) is 6.86. The molecular formula is C17H32NO5PS. The quantitative estimate of drug-likeness (QED) is 0.201. The first-order chi connectivity index (χ1) is 11.9. The molecule has 0 amide bonds. The van der Waals surface area contributed by atoms with Crippen LogP contribution in [0.2, 0.25) is 0 Å². The molecule has 1 saturated heterocycles. The molecule has 25 heavy (non-hydrogen) atoms. The molecule has 1 aliphatic rings. The van der Waals surface area contributed by atoms with E-state index in [-0.39, 0.29) is 18.8 Å². The highest BCUT2D eigenvalue weighted by molar-refractivity contribution is 8.11. The van der Waals surface area contributed by atoms with Crippen LogP contribution in [0.1, 0.15) is 40.0 Å². The number of allylic oxidation sites excluding steroid dienone is 1. The normalized spacial score (nSPS) is 26.4. The van der Waals surface area contributed by atoms with Gasteiger partial charge in [0.05, 0.1) is 25.4 Å². The highest BCUT2D eigenvalue weighted by Gasteiger charge is 2.32. The molecular weight excluding hydrogens is 361 g/mol. The van der Waals surface area contributed by atoms with Gasteiger partial charge in [-0.05, 0) is 46.1 Å². The number of carbonyl (C=O) groups excluding carboxylic acids is 1. The van der Waals surface area contributed by atoms with Crippen molar-refractivity contribution in [2.75, 3.05) is 32.6 Å². The lowest BCUT2D eigenvalue weighted by Gasteiger charge is -2.27. The second kappa shape index (κ2) is 12.3. The fourth-order valence-electron chi connectivity index (χ4n) is 2.62. The Balaban J connectivity index is 2.50. The molecule has 8 heteroatoms. The van der Waals surface area contributed by atoms with Crippen LogP contribution in [0, 0.1) is 5.92 Å². The van der Waals surface area contributed by atoms with E-state index >= 15 is 0 Å². The van der Waals surface area contributed by atoms with Gasteiger partial charge in [0.1, 0.15) is 0 Å². The first kappa shape index (κ1) is 22.9. The molecule has 1 fully saturated rings. The fourth-order valence-corrected chi connectivity index (χ4v) is 4.51. The zero-order chi connectivity index (χ0) is 18.7. The van der Waals surface area contributed by atoms with Crippen molar-refractivity contribution in [3.8, 4) is 0 Å². The summed E-state index contributed by atoms with van der Waals surface area (Å²) in [6.45, 7) is 7.33. The van der Waals surface area contributed by atoms with E-state index in [9.17, 15) is 9.36 Å². The Bertz CT molecular complexity index is 452. The van der Waals surface area contributed by atoms with E-state index in [4.69, 9.17) is 13.8 Å². The molecule has 1 heterocycles. The summed E-state index contributed by atoms with van der Waals surface area (Å²) in [5.74, 6) is 0.997. The summed E-state index contributed by atoms with van der Waals surface area (Å²) in [5.41, 5.74) is 0.755. The van der Waals surface area contributed by atoms with Crippen LogP contribution >= 0.6 is 19.5 Å². The average molecular weight is 393 g/mol. The standard InChI is InChI=1S/C17H32NO5PS/c1-5-6-7-9-18(4)24(20,22-11-12-25-14-19)21-10-8-17-13-15(2)16(3)23-17/h5-6,14-17H,7-13H2,1-4H3. The summed E-state index contributed by atoms with van der Waals surface area (Å²) in [5, 5.41) is 0. The molecule has 0 spiro atoms. The number of hydrogen-bond donors (Lipinski definition) is 0. The predicted octanol–water partition coefficient (Wildman–Crippen LogP) is 4.15. The zero-order valence-corrected chi connectivity index (χ0v) is 17.5. The molecule has 1 aliphatic heterocycles. The highest BCUT2D eigenvalue weighted by Crippen LogP contribution is 2.51. The van der Waals surface area contributed by atoms with Crippen LogP contribution in [0.25, 0.3) is 0 Å². The van der Waals surface area contributed by atoms with Gasteiger partial charge >= 0.3 is 7.75 Å². The molecule has 0 aromatic rings. The van der Waals surface area contributed by atoms with Gasteiger partial charge in [0.2, 0.25) is 0 Å². The Morgan fingerprint density at radius 2 is 2.04 bits per heavy atom. The molecule has 0 N–H and O–H groups in total. The van der Waals surface area contributed by atoms with Gasteiger partial charge in [-0.2, -0.15) is 0 Å². The van der Waals surface area contributed by atoms with Crippen molar-refractivity contribution in [3.05, 3.63) is 12.2 Å². The Hall–Kier alpha value is -0.170. The molecule has 146 valence electrons. The van der Waals surface area contributed by atoms with Crippen LogP contribution in [0.4, 0.5) is 0 Å². The number of thioether (sulfide) groups is 1. The van der Waals surface area contributed by atoms with E-state index in [0.29, 0.717) is 31.2 Å². The molecule has 4 unspecified atom stereocenters. The van der Waals surface area contributed by atoms with Gasteiger partial charge < -0.3 is 4.74 Å². The molecule has 0 aliphatic carbocycles. The summed E-state index contributed by atoms with van der Waals surface area (Å²) < 4.78 is 31.8. The number of ether oxygens (including phenoxy) is 1. The van der Waals surface area contributed by atoms with Gasteiger partial charge in [0.15, 0.2) is 5.62 Å². The average Bonchev–Trinajstić information content (AvgIpc) is 2.90. The first-order valence-electron chi connectivity index (χ1n) is 8.85. The predicted molar refractivity (Wildman–Crippen MR) is 104 cm³/mol. The maximum atomic E-state index is 13.1. The van der Waals surface area contributed by atoms with Crippen molar-refractivity contribution in [2.45, 2.75) is 52.2 Å². The lowest BCUT2D eigenvalue weighted by molar-refractivity contribution is 0.0333. The minimum Gasteiger partial charge on any atom is -0.375 e. The summed E-state index contributed by atoms with van der Waals surface area (Å²) in [7, 11) is -1.62. The largest absolute Gasteiger partial charge is 0.407 e. The number of rotatable bonds is 13. The Morgan fingerprint density at radius 3 is 2.64 bits per heavy atom. The molecule has 0 aromatic heterocycles. The number of nitrogens with zero attached hydrogens (tertiary/aromatic N) is 1. The van der Waals surface area contributed by atoms with Gasteiger partial charge in [-0.1, -0.05) is 30.8 Å². The summed E-state index contributed by atoms with van der Waals surface area (Å²) >= 11 is 1.09. The zero-order valence-electron chi connectivity index (χ0n) is 15.8. The lowest BCUT2D eigenvalue weighted by Crippen LogP contribution is -2.21. The Morgan fingerprint density at radius 1 is 1.32 bits per heavy atom. The van der Waals surface area contributed by atoms with Gasteiger partial charge in [-0.3, -0.25) is 13.8 Å². The molecule has 4 atom stereocenters. The third-order valence-corrected chi connectivity index (χ3v) is 6.93. The molecule has 0 bridgehead atoms. The van der Waals surface area contributed by atoms with Gasteiger partial charge in [-0.25, -0.2) is 9.24 Å². The third kappa shape index (κ3) is 8.37. The summed E-state index contributed by atoms with van der Waals surface area (Å²) in [4.78, 5) is 10.4. The monoisotopic (exact) mass is 393 g/mol. The second-order valence-electron chi connectivity index (χ2n) is 6.31. The molecule has 6 nitrogen and oxygen atoms in total. The molecule has 0 radical (unpaired) electrons. The van der Waals surface area contributed by atoms with Crippen LogP contribution in [0.5, 0.6) is 0 Å². The maximum absolute atomic E-state index is 13.1. The van der Waals surface area contributed by atoms with Crippen LogP contribution in [0.15, 0.2) is 12.2 Å². The first-order valence-corrected chi connectivity index (χ1v) is 11.4. The third-order valence-electron chi connectivity index (χ3n) is 4.33. The van der Waals surface area contributed by atoms with Crippen molar-refractivity contribution in [2.24, 2.45) is 5.92 Å². The SMILES string of the molecule is CC=CCCN(C)P(=O)(OCCSC=O)OCCC1CC(C)C(C)O1. The van der Waals surface area contributed by atoms with E-state index in [0.717, 1.165) is 30.2 Å². The van der Waals surface area contributed by atoms with Crippen molar-refractivity contribution >= 4 is 25.1 Å². The number of carbonyl (C=O) groups is 1. The minimum atomic E-state index is -3.36. The maximum Gasteiger partial charge on any atom is 0.407 e. The van der Waals surface area contributed by atoms with Crippen LogP contribution in [-0.4, -0.2) is 55.1 Å². The minimum absolute atomic E-state index is 0.150. The van der Waals surface area contributed by atoms with Crippen molar-refractivity contribution < 1.29 is 23.1 Å². The summed E-state index contributed by atoms with van der Waals surface area (Å²) in [6, 6.07) is 0. The topological polar surface area (TPSA) is 65.1 Å². The molecule has 0 saturated carbocycles. The van der Waals surface area contributed by atoms with E-state index in [1.165, 1.54) is 0 Å². The van der Waals surface area contributed by atoms with Gasteiger partial charge in [0.25, 0.3) is 0 Å². The Kier molecular flexibility index (Phi) is 11.2.